The van der Waals surface area contributed by atoms with E-state index in [1.807, 2.05) is 11.9 Å². The van der Waals surface area contributed by atoms with Crippen LogP contribution in [0.15, 0.2) is 24.3 Å². The zero-order valence-corrected chi connectivity index (χ0v) is 13.3. The number of piperidine rings is 1. The lowest BCUT2D eigenvalue weighted by atomic mass is 9.84. The third-order valence-electron chi connectivity index (χ3n) is 4.00. The van der Waals surface area contributed by atoms with E-state index in [1.54, 1.807) is 0 Å². The minimum atomic E-state index is -0.0762. The molecule has 2 aliphatic rings. The predicted molar refractivity (Wildman–Crippen MR) is 85.1 cm³/mol. The maximum Gasteiger partial charge on any atom is 0.132 e. The van der Waals surface area contributed by atoms with E-state index in [9.17, 15) is 0 Å². The zero-order chi connectivity index (χ0) is 14.2. The molecule has 4 heteroatoms. The van der Waals surface area contributed by atoms with Crippen molar-refractivity contribution in [2.24, 2.45) is 0 Å². The molecule has 2 aliphatic heterocycles. The van der Waals surface area contributed by atoms with Gasteiger partial charge in [0.2, 0.25) is 0 Å². The first-order chi connectivity index (χ1) is 9.50. The Bertz CT molecular complexity index is 478. The number of hydrogen-bond acceptors (Lipinski definition) is 4. The monoisotopic (exact) mass is 292 g/mol. The van der Waals surface area contributed by atoms with Crippen molar-refractivity contribution >= 4 is 11.9 Å². The summed E-state index contributed by atoms with van der Waals surface area (Å²) in [5.41, 5.74) is 1.24. The van der Waals surface area contributed by atoms with Crippen LogP contribution in [0.1, 0.15) is 45.2 Å². The highest BCUT2D eigenvalue weighted by atomic mass is 32.2. The van der Waals surface area contributed by atoms with Crippen LogP contribution in [0, 0.1) is 0 Å². The molecule has 0 aromatic heterocycles. The molecule has 0 saturated carbocycles. The Kier molecular flexibility index (Phi) is 3.73. The van der Waals surface area contributed by atoms with Gasteiger partial charge in [0.15, 0.2) is 0 Å². The smallest absolute Gasteiger partial charge is 0.132 e. The van der Waals surface area contributed by atoms with Gasteiger partial charge in [-0.1, -0.05) is 30.1 Å². The largest absolute Gasteiger partial charge is 0.485 e. The molecule has 2 heterocycles. The van der Waals surface area contributed by atoms with Gasteiger partial charge in [-0.2, -0.15) is 0 Å². The van der Waals surface area contributed by atoms with E-state index in [2.05, 4.69) is 55.1 Å². The van der Waals surface area contributed by atoms with Crippen LogP contribution in [0.4, 0.5) is 0 Å². The van der Waals surface area contributed by atoms with Crippen LogP contribution in [0.5, 0.6) is 5.75 Å². The lowest BCUT2D eigenvalue weighted by Gasteiger charge is -2.39. The van der Waals surface area contributed by atoms with E-state index in [4.69, 9.17) is 4.74 Å². The van der Waals surface area contributed by atoms with Crippen LogP contribution in [0.2, 0.25) is 0 Å². The van der Waals surface area contributed by atoms with Gasteiger partial charge in [-0.15, -0.1) is 0 Å². The number of benzene rings is 1. The lowest BCUT2D eigenvalue weighted by molar-refractivity contribution is 0.0328. The normalized spacial score (nSPS) is 24.4. The van der Waals surface area contributed by atoms with Crippen LogP contribution < -0.4 is 14.8 Å². The fourth-order valence-corrected chi connectivity index (χ4v) is 3.83. The summed E-state index contributed by atoms with van der Waals surface area (Å²) >= 11 is 1.81. The number of fused-ring (bicyclic) bond motifs is 1. The summed E-state index contributed by atoms with van der Waals surface area (Å²) in [6.07, 6.45) is 2.12. The third kappa shape index (κ3) is 2.69. The summed E-state index contributed by atoms with van der Waals surface area (Å²) in [5, 5.41) is 3.44. The van der Waals surface area contributed by atoms with Crippen LogP contribution in [-0.2, 0) is 0 Å². The van der Waals surface area contributed by atoms with Gasteiger partial charge in [0.1, 0.15) is 11.4 Å². The zero-order valence-electron chi connectivity index (χ0n) is 12.5. The summed E-state index contributed by atoms with van der Waals surface area (Å²) < 4.78 is 10.3. The Morgan fingerprint density at radius 2 is 1.95 bits per heavy atom. The van der Waals surface area contributed by atoms with Crippen molar-refractivity contribution in [3.8, 4) is 5.75 Å². The first kappa shape index (κ1) is 14.2. The molecular weight excluding hydrogens is 268 g/mol. The summed E-state index contributed by atoms with van der Waals surface area (Å²) in [6, 6.07) is 8.76. The molecule has 3 rings (SSSR count). The molecule has 1 saturated heterocycles. The SMILES string of the molecule is CC(C)(C)SN[C@@H]1c2ccccc2OC12CCNCC2. The summed E-state index contributed by atoms with van der Waals surface area (Å²) in [7, 11) is 0. The Hall–Kier alpha value is -0.710. The summed E-state index contributed by atoms with van der Waals surface area (Å²) in [4.78, 5) is 0. The molecular formula is C16H24N2OS. The second kappa shape index (κ2) is 5.24. The van der Waals surface area contributed by atoms with Gasteiger partial charge >= 0.3 is 0 Å². The minimum Gasteiger partial charge on any atom is -0.485 e. The standard InChI is InChI=1S/C16H24N2OS/c1-15(2,3)20-18-14-12-6-4-5-7-13(12)19-16(14)8-10-17-11-9-16/h4-7,14,17-18H,8-11H2,1-3H3/t14-/m1/s1. The molecule has 1 aromatic rings. The molecule has 0 amide bonds. The van der Waals surface area contributed by atoms with E-state index in [1.165, 1.54) is 5.56 Å². The number of para-hydroxylation sites is 1. The van der Waals surface area contributed by atoms with Gasteiger partial charge in [0.05, 0.1) is 6.04 Å². The van der Waals surface area contributed by atoms with Crippen LogP contribution in [0.3, 0.4) is 0 Å². The van der Waals surface area contributed by atoms with E-state index >= 15 is 0 Å². The molecule has 1 spiro atoms. The quantitative estimate of drug-likeness (QED) is 0.820. The van der Waals surface area contributed by atoms with Crippen LogP contribution >= 0.6 is 11.9 Å². The molecule has 20 heavy (non-hydrogen) atoms. The topological polar surface area (TPSA) is 33.3 Å². The second-order valence-corrected chi connectivity index (χ2v) is 8.38. The maximum atomic E-state index is 6.40. The van der Waals surface area contributed by atoms with Gasteiger partial charge < -0.3 is 10.1 Å². The minimum absolute atomic E-state index is 0.0762. The van der Waals surface area contributed by atoms with Gasteiger partial charge in [0.25, 0.3) is 0 Å². The van der Waals surface area contributed by atoms with Gasteiger partial charge in [-0.25, -0.2) is 0 Å². The first-order valence-corrected chi connectivity index (χ1v) is 8.24. The highest BCUT2D eigenvalue weighted by Gasteiger charge is 2.49. The molecule has 0 radical (unpaired) electrons. The van der Waals surface area contributed by atoms with Crippen molar-refractivity contribution < 1.29 is 4.74 Å². The van der Waals surface area contributed by atoms with Crippen LogP contribution in [0.25, 0.3) is 0 Å². The molecule has 0 bridgehead atoms. The van der Waals surface area contributed by atoms with E-state index in [0.717, 1.165) is 31.7 Å². The van der Waals surface area contributed by atoms with Crippen molar-refractivity contribution in [3.63, 3.8) is 0 Å². The maximum absolute atomic E-state index is 6.40. The van der Waals surface area contributed by atoms with Crippen molar-refractivity contribution in [3.05, 3.63) is 29.8 Å². The van der Waals surface area contributed by atoms with E-state index < -0.39 is 0 Å². The van der Waals surface area contributed by atoms with Crippen molar-refractivity contribution in [2.75, 3.05) is 13.1 Å². The van der Waals surface area contributed by atoms with Crippen LogP contribution in [-0.4, -0.2) is 23.4 Å². The molecule has 1 atom stereocenters. The Balaban J connectivity index is 1.87. The van der Waals surface area contributed by atoms with E-state index in [0.29, 0.717) is 0 Å². The fourth-order valence-electron chi connectivity index (χ4n) is 3.02. The van der Waals surface area contributed by atoms with Gasteiger partial charge in [-0.05, 0) is 39.9 Å². The Morgan fingerprint density at radius 1 is 1.25 bits per heavy atom. The predicted octanol–water partition coefficient (Wildman–Crippen LogP) is 3.28. The molecule has 0 aliphatic carbocycles. The molecule has 3 nitrogen and oxygen atoms in total. The highest BCUT2D eigenvalue weighted by Crippen LogP contribution is 2.48. The highest BCUT2D eigenvalue weighted by molar-refractivity contribution is 7.98. The summed E-state index contributed by atoms with van der Waals surface area (Å²) in [6.45, 7) is 8.78. The van der Waals surface area contributed by atoms with Crippen molar-refractivity contribution in [1.29, 1.82) is 0 Å². The molecule has 2 N–H and O–H groups in total. The summed E-state index contributed by atoms with van der Waals surface area (Å²) in [5.74, 6) is 1.06. The Morgan fingerprint density at radius 3 is 2.65 bits per heavy atom. The number of hydrogen-bond donors (Lipinski definition) is 2. The number of rotatable bonds is 2. The molecule has 0 unspecified atom stereocenters. The number of nitrogens with one attached hydrogen (secondary N) is 2. The van der Waals surface area contributed by atoms with Gasteiger partial charge in [0, 0.05) is 23.2 Å². The average molecular weight is 292 g/mol. The fraction of sp³-hybridized carbons (Fsp3) is 0.625. The molecule has 1 fully saturated rings. The first-order valence-electron chi connectivity index (χ1n) is 7.42. The van der Waals surface area contributed by atoms with E-state index in [-0.39, 0.29) is 16.4 Å². The third-order valence-corrected chi connectivity index (χ3v) is 4.97. The van der Waals surface area contributed by atoms with Crippen molar-refractivity contribution in [2.45, 2.75) is 50.0 Å². The average Bonchev–Trinajstić information content (AvgIpc) is 2.69. The van der Waals surface area contributed by atoms with Gasteiger partial charge in [-0.3, -0.25) is 4.72 Å². The second-order valence-electron chi connectivity index (χ2n) is 6.72. The van der Waals surface area contributed by atoms with Crippen molar-refractivity contribution in [1.82, 2.24) is 10.0 Å². The number of ether oxygens (including phenoxy) is 1. The Labute approximate surface area is 126 Å². The molecule has 110 valence electrons. The molecule has 1 aromatic carbocycles. The lowest BCUT2D eigenvalue weighted by Crippen LogP contribution is -2.50.